The van der Waals surface area contributed by atoms with Gasteiger partial charge < -0.3 is 10.2 Å². The van der Waals surface area contributed by atoms with Crippen molar-refractivity contribution in [3.05, 3.63) is 11.6 Å². The normalized spacial score (nSPS) is 48.2. The van der Waals surface area contributed by atoms with Gasteiger partial charge in [0.15, 0.2) is 0 Å². The summed E-state index contributed by atoms with van der Waals surface area (Å²) in [5.74, 6) is -0.829. The Hall–Kier alpha value is -0.480. The van der Waals surface area contributed by atoms with Crippen LogP contribution in [0.3, 0.4) is 0 Å². The van der Waals surface area contributed by atoms with E-state index in [1.807, 2.05) is 13.8 Å². The van der Waals surface area contributed by atoms with Crippen LogP contribution >= 0.6 is 0 Å². The van der Waals surface area contributed by atoms with Gasteiger partial charge in [-0.25, -0.2) is 8.78 Å². The maximum absolute atomic E-state index is 14.3. The Balaban J connectivity index is 1.55. The third kappa shape index (κ3) is 3.49. The first-order chi connectivity index (χ1) is 13.8. The van der Waals surface area contributed by atoms with Crippen molar-refractivity contribution in [2.24, 2.45) is 40.4 Å². The Kier molecular flexibility index (Phi) is 5.50. The summed E-state index contributed by atoms with van der Waals surface area (Å²) in [6, 6.07) is 0. The van der Waals surface area contributed by atoms with Gasteiger partial charge >= 0.3 is 0 Å². The lowest BCUT2D eigenvalue weighted by Crippen LogP contribution is -2.52. The second-order valence-electron chi connectivity index (χ2n) is 12.3. The molecule has 0 unspecified atom stereocenters. The van der Waals surface area contributed by atoms with Gasteiger partial charge in [0, 0.05) is 6.42 Å². The van der Waals surface area contributed by atoms with Gasteiger partial charge in [0.05, 0.1) is 5.60 Å². The smallest absolute Gasteiger partial charge is 0.273 e. The molecule has 9 atom stereocenters. The van der Waals surface area contributed by atoms with E-state index in [-0.39, 0.29) is 23.2 Å². The number of hydrogen-bond donors (Lipinski definition) is 2. The third-order valence-electron chi connectivity index (χ3n) is 10.3. The highest BCUT2D eigenvalue weighted by Crippen LogP contribution is 2.67. The minimum absolute atomic E-state index is 0.0730. The zero-order valence-electron chi connectivity index (χ0n) is 19.6. The van der Waals surface area contributed by atoms with E-state index in [9.17, 15) is 19.0 Å². The molecule has 0 aromatic heterocycles. The lowest BCUT2D eigenvalue weighted by atomic mass is 9.46. The molecule has 0 heterocycles. The summed E-state index contributed by atoms with van der Waals surface area (Å²) in [5.41, 5.74) is 1.25. The maximum atomic E-state index is 14.3. The fraction of sp³-hybridized carbons (Fsp3) is 0.923. The summed E-state index contributed by atoms with van der Waals surface area (Å²) >= 11 is 0. The number of aliphatic hydroxyl groups excluding tert-OH is 1. The van der Waals surface area contributed by atoms with E-state index in [0.717, 1.165) is 44.9 Å². The summed E-state index contributed by atoms with van der Waals surface area (Å²) < 4.78 is 28.6. The molecule has 0 spiro atoms. The molecule has 4 rings (SSSR count). The van der Waals surface area contributed by atoms with Gasteiger partial charge in [-0.1, -0.05) is 32.4 Å². The van der Waals surface area contributed by atoms with E-state index in [1.54, 1.807) is 0 Å². The summed E-state index contributed by atoms with van der Waals surface area (Å²) in [7, 11) is 0. The molecular formula is C26H42F2O2. The molecule has 2 nitrogen and oxygen atoms in total. The molecule has 4 heteroatoms. The van der Waals surface area contributed by atoms with Crippen LogP contribution in [0.2, 0.25) is 0 Å². The van der Waals surface area contributed by atoms with Crippen molar-refractivity contribution in [3.8, 4) is 0 Å². The predicted molar refractivity (Wildman–Crippen MR) is 116 cm³/mol. The number of aliphatic hydroxyl groups is 2. The molecule has 4 aliphatic rings. The minimum Gasteiger partial charge on any atom is -0.390 e. The Bertz CT molecular complexity index is 699. The second kappa shape index (κ2) is 7.27. The predicted octanol–water partition coefficient (Wildman–Crippen LogP) is 6.36. The molecule has 0 aromatic carbocycles. The van der Waals surface area contributed by atoms with Crippen LogP contribution in [0, 0.1) is 40.4 Å². The largest absolute Gasteiger partial charge is 0.390 e. The molecule has 30 heavy (non-hydrogen) atoms. The molecular weight excluding hydrogens is 382 g/mol. The lowest BCUT2D eigenvalue weighted by molar-refractivity contribution is -0.125. The van der Waals surface area contributed by atoms with Crippen molar-refractivity contribution in [2.75, 3.05) is 0 Å². The number of rotatable bonds is 4. The number of allylic oxidation sites excluding steroid dienone is 1. The van der Waals surface area contributed by atoms with Crippen LogP contribution in [0.4, 0.5) is 8.78 Å². The van der Waals surface area contributed by atoms with E-state index < -0.39 is 17.6 Å². The Morgan fingerprint density at radius 1 is 1.07 bits per heavy atom. The van der Waals surface area contributed by atoms with Gasteiger partial charge in [-0.05, 0) is 106 Å². The van der Waals surface area contributed by atoms with Crippen LogP contribution in [-0.4, -0.2) is 27.8 Å². The monoisotopic (exact) mass is 424 g/mol. The van der Waals surface area contributed by atoms with Crippen LogP contribution in [0.1, 0.15) is 92.4 Å². The highest BCUT2D eigenvalue weighted by molar-refractivity contribution is 5.26. The van der Waals surface area contributed by atoms with Crippen LogP contribution < -0.4 is 0 Å². The van der Waals surface area contributed by atoms with Crippen molar-refractivity contribution in [1.82, 2.24) is 0 Å². The fourth-order valence-electron chi connectivity index (χ4n) is 8.52. The van der Waals surface area contributed by atoms with E-state index in [2.05, 4.69) is 19.9 Å². The van der Waals surface area contributed by atoms with E-state index in [4.69, 9.17) is 0 Å². The van der Waals surface area contributed by atoms with E-state index >= 15 is 0 Å². The Labute approximate surface area is 181 Å². The molecule has 0 aliphatic heterocycles. The van der Waals surface area contributed by atoms with Gasteiger partial charge in [0.1, 0.15) is 6.10 Å². The number of alkyl halides is 2. The van der Waals surface area contributed by atoms with Crippen molar-refractivity contribution in [3.63, 3.8) is 0 Å². The maximum Gasteiger partial charge on any atom is 0.273 e. The average Bonchev–Trinajstić information content (AvgIpc) is 2.99. The zero-order chi connectivity index (χ0) is 22.1. The van der Waals surface area contributed by atoms with E-state index in [1.165, 1.54) is 18.9 Å². The molecule has 0 radical (unpaired) electrons. The SMILES string of the molecule is C[C@H](CC(F)(F)[C@@H](C)O)[C@H]1CC[C@H]2[C@@H]3CC=C4C[C@@](C)(O)CC[C@]4(C)[C@H]3CC[C@]12C. The molecule has 0 amide bonds. The van der Waals surface area contributed by atoms with Gasteiger partial charge in [0.2, 0.25) is 0 Å². The number of fused-ring (bicyclic) bond motifs is 5. The zero-order valence-corrected chi connectivity index (χ0v) is 19.6. The summed E-state index contributed by atoms with van der Waals surface area (Å²) in [4.78, 5) is 0. The minimum atomic E-state index is -3.00. The molecule has 4 aliphatic carbocycles. The van der Waals surface area contributed by atoms with Crippen LogP contribution in [0.25, 0.3) is 0 Å². The lowest BCUT2D eigenvalue weighted by Gasteiger charge is -2.59. The summed E-state index contributed by atoms with van der Waals surface area (Å²) in [6.45, 7) is 10.0. The second-order valence-corrected chi connectivity index (χ2v) is 12.3. The molecule has 0 saturated heterocycles. The first-order valence-corrected chi connectivity index (χ1v) is 12.3. The topological polar surface area (TPSA) is 40.5 Å². The molecule has 3 fully saturated rings. The van der Waals surface area contributed by atoms with Crippen molar-refractivity contribution in [2.45, 2.75) is 110 Å². The van der Waals surface area contributed by atoms with Gasteiger partial charge in [0.25, 0.3) is 5.92 Å². The Morgan fingerprint density at radius 3 is 2.43 bits per heavy atom. The van der Waals surface area contributed by atoms with E-state index in [0.29, 0.717) is 23.7 Å². The van der Waals surface area contributed by atoms with Gasteiger partial charge in [-0.2, -0.15) is 0 Å². The highest BCUT2D eigenvalue weighted by atomic mass is 19.3. The van der Waals surface area contributed by atoms with Crippen LogP contribution in [0.15, 0.2) is 11.6 Å². The summed E-state index contributed by atoms with van der Waals surface area (Å²) in [5, 5.41) is 20.1. The number of hydrogen-bond acceptors (Lipinski definition) is 2. The quantitative estimate of drug-likeness (QED) is 0.516. The van der Waals surface area contributed by atoms with Gasteiger partial charge in [-0.3, -0.25) is 0 Å². The fourth-order valence-corrected chi connectivity index (χ4v) is 8.52. The van der Waals surface area contributed by atoms with Crippen molar-refractivity contribution in [1.29, 1.82) is 0 Å². The first kappa shape index (κ1) is 22.7. The molecule has 0 bridgehead atoms. The van der Waals surface area contributed by atoms with Crippen molar-refractivity contribution >= 4 is 0 Å². The average molecular weight is 425 g/mol. The number of halogens is 2. The van der Waals surface area contributed by atoms with Crippen molar-refractivity contribution < 1.29 is 19.0 Å². The highest BCUT2D eigenvalue weighted by Gasteiger charge is 2.60. The van der Waals surface area contributed by atoms with Gasteiger partial charge in [-0.15, -0.1) is 0 Å². The molecule has 172 valence electrons. The Morgan fingerprint density at radius 2 is 1.77 bits per heavy atom. The standard InChI is InChI=1S/C26H42F2O2/c1-16(14-26(27,28)17(2)29)20-8-9-21-19-7-6-18-15-23(3,30)12-13-24(18,4)22(19)10-11-25(20,21)5/h6,16-17,19-22,29-30H,7-15H2,1-5H3/t16-,17-,19+,20-,21+,22+,23+,24+,25-/m1/s1. The van der Waals surface area contributed by atoms with Crippen LogP contribution in [-0.2, 0) is 0 Å². The molecule has 3 saturated carbocycles. The van der Waals surface area contributed by atoms with Crippen LogP contribution in [0.5, 0.6) is 0 Å². The molecule has 2 N–H and O–H groups in total. The molecule has 0 aromatic rings. The third-order valence-corrected chi connectivity index (χ3v) is 10.3. The summed E-state index contributed by atoms with van der Waals surface area (Å²) in [6.07, 6.45) is 9.02. The first-order valence-electron chi connectivity index (χ1n) is 12.3.